The van der Waals surface area contributed by atoms with E-state index < -0.39 is 23.1 Å². The maximum Gasteiger partial charge on any atom is 0.257 e. The number of hydrogen-bond donors (Lipinski definition) is 1. The van der Waals surface area contributed by atoms with Crippen molar-refractivity contribution < 1.29 is 18.7 Å². The van der Waals surface area contributed by atoms with E-state index in [0.717, 1.165) is 18.2 Å². The molecule has 0 heterocycles. The average molecular weight is 243 g/mol. The molecular weight excluding hydrogens is 228 g/mol. The van der Waals surface area contributed by atoms with Gasteiger partial charge in [-0.15, -0.1) is 0 Å². The zero-order chi connectivity index (χ0) is 13.2. The molecule has 0 radical (unpaired) electrons. The Kier molecular flexibility index (Phi) is 3.83. The Bertz CT molecular complexity index is 433. The van der Waals surface area contributed by atoms with Gasteiger partial charge in [0.25, 0.3) is 5.91 Å². The SMILES string of the molecule is CN(C(=O)c1cc(F)ccc1F)C(C)(C)CO. The summed E-state index contributed by atoms with van der Waals surface area (Å²) < 4.78 is 26.4. The van der Waals surface area contributed by atoms with Crippen LogP contribution >= 0.6 is 0 Å². The van der Waals surface area contributed by atoms with Gasteiger partial charge in [-0.3, -0.25) is 4.79 Å². The summed E-state index contributed by atoms with van der Waals surface area (Å²) >= 11 is 0. The lowest BCUT2D eigenvalue weighted by Gasteiger charge is -2.34. The van der Waals surface area contributed by atoms with E-state index in [1.165, 1.54) is 11.9 Å². The third-order valence-electron chi connectivity index (χ3n) is 2.76. The quantitative estimate of drug-likeness (QED) is 0.879. The molecule has 0 aromatic heterocycles. The summed E-state index contributed by atoms with van der Waals surface area (Å²) in [7, 11) is 1.43. The fraction of sp³-hybridized carbons (Fsp3) is 0.417. The summed E-state index contributed by atoms with van der Waals surface area (Å²) in [5.74, 6) is -2.12. The van der Waals surface area contributed by atoms with Crippen molar-refractivity contribution in [3.05, 3.63) is 35.4 Å². The molecule has 0 aliphatic rings. The van der Waals surface area contributed by atoms with E-state index in [1.807, 2.05) is 0 Å². The molecular formula is C12H15F2NO2. The molecule has 0 unspecified atom stereocenters. The normalized spacial score (nSPS) is 11.4. The summed E-state index contributed by atoms with van der Waals surface area (Å²) in [6.07, 6.45) is 0. The lowest BCUT2D eigenvalue weighted by atomic mass is 10.0. The molecule has 1 N–H and O–H groups in total. The van der Waals surface area contributed by atoms with Crippen molar-refractivity contribution in [1.82, 2.24) is 4.90 Å². The Hall–Kier alpha value is -1.49. The molecule has 1 aromatic carbocycles. The molecule has 3 nitrogen and oxygen atoms in total. The van der Waals surface area contributed by atoms with Crippen molar-refractivity contribution in [2.24, 2.45) is 0 Å². The van der Waals surface area contributed by atoms with E-state index >= 15 is 0 Å². The maximum atomic E-state index is 13.4. The van der Waals surface area contributed by atoms with Crippen molar-refractivity contribution in [3.63, 3.8) is 0 Å². The fourth-order valence-corrected chi connectivity index (χ4v) is 1.22. The highest BCUT2D eigenvalue weighted by Gasteiger charge is 2.29. The van der Waals surface area contributed by atoms with Gasteiger partial charge in [0.1, 0.15) is 11.6 Å². The van der Waals surface area contributed by atoms with Crippen LogP contribution in [0.2, 0.25) is 0 Å². The molecule has 1 rings (SSSR count). The molecule has 0 bridgehead atoms. The van der Waals surface area contributed by atoms with Crippen LogP contribution in [0.3, 0.4) is 0 Å². The van der Waals surface area contributed by atoms with Gasteiger partial charge in [-0.25, -0.2) is 8.78 Å². The Morgan fingerprint density at radius 1 is 1.41 bits per heavy atom. The van der Waals surface area contributed by atoms with E-state index in [-0.39, 0.29) is 12.2 Å². The molecule has 17 heavy (non-hydrogen) atoms. The van der Waals surface area contributed by atoms with Crippen LogP contribution in [0.5, 0.6) is 0 Å². The Morgan fingerprint density at radius 3 is 2.53 bits per heavy atom. The number of rotatable bonds is 3. The number of carbonyl (C=O) groups excluding carboxylic acids is 1. The zero-order valence-electron chi connectivity index (χ0n) is 10.00. The van der Waals surface area contributed by atoms with Crippen LogP contribution in [0, 0.1) is 11.6 Å². The minimum Gasteiger partial charge on any atom is -0.394 e. The smallest absolute Gasteiger partial charge is 0.257 e. The monoisotopic (exact) mass is 243 g/mol. The van der Waals surface area contributed by atoms with E-state index in [4.69, 9.17) is 5.11 Å². The highest BCUT2D eigenvalue weighted by Crippen LogP contribution is 2.18. The summed E-state index contributed by atoms with van der Waals surface area (Å²) in [6.45, 7) is 2.98. The second-order valence-corrected chi connectivity index (χ2v) is 4.46. The van der Waals surface area contributed by atoms with E-state index in [0.29, 0.717) is 0 Å². The Balaban J connectivity index is 3.08. The fourth-order valence-electron chi connectivity index (χ4n) is 1.22. The van der Waals surface area contributed by atoms with Gasteiger partial charge in [0.2, 0.25) is 0 Å². The average Bonchev–Trinajstić information content (AvgIpc) is 2.30. The minimum atomic E-state index is -0.837. The highest BCUT2D eigenvalue weighted by molar-refractivity contribution is 5.94. The first-order valence-electron chi connectivity index (χ1n) is 5.13. The molecule has 0 saturated carbocycles. The number of aliphatic hydroxyl groups excluding tert-OH is 1. The second-order valence-electron chi connectivity index (χ2n) is 4.46. The highest BCUT2D eigenvalue weighted by atomic mass is 19.1. The van der Waals surface area contributed by atoms with Crippen LogP contribution < -0.4 is 0 Å². The summed E-state index contributed by atoms with van der Waals surface area (Å²) in [5, 5.41) is 9.12. The van der Waals surface area contributed by atoms with Gasteiger partial charge < -0.3 is 10.0 Å². The lowest BCUT2D eigenvalue weighted by Crippen LogP contribution is -2.47. The Morgan fingerprint density at radius 2 is 2.00 bits per heavy atom. The number of carbonyl (C=O) groups is 1. The van der Waals surface area contributed by atoms with Crippen molar-refractivity contribution >= 4 is 5.91 Å². The minimum absolute atomic E-state index is 0.272. The van der Waals surface area contributed by atoms with Gasteiger partial charge in [0, 0.05) is 7.05 Å². The second kappa shape index (κ2) is 4.79. The van der Waals surface area contributed by atoms with Crippen LogP contribution in [0.25, 0.3) is 0 Å². The van der Waals surface area contributed by atoms with Crippen LogP contribution in [0.15, 0.2) is 18.2 Å². The molecule has 0 aliphatic carbocycles. The molecule has 0 atom stereocenters. The standard InChI is InChI=1S/C12H15F2NO2/c1-12(2,7-16)15(3)11(17)9-6-8(13)4-5-10(9)14/h4-6,16H,7H2,1-3H3. The van der Waals surface area contributed by atoms with Crippen molar-refractivity contribution in [2.75, 3.05) is 13.7 Å². The predicted octanol–water partition coefficient (Wildman–Crippen LogP) is 1.81. The van der Waals surface area contributed by atoms with Gasteiger partial charge >= 0.3 is 0 Å². The molecule has 1 amide bonds. The number of nitrogens with zero attached hydrogens (tertiary/aromatic N) is 1. The summed E-state index contributed by atoms with van der Waals surface area (Å²) in [6, 6.07) is 2.70. The van der Waals surface area contributed by atoms with Crippen LogP contribution in [-0.4, -0.2) is 35.1 Å². The van der Waals surface area contributed by atoms with Crippen molar-refractivity contribution in [1.29, 1.82) is 0 Å². The number of benzene rings is 1. The van der Waals surface area contributed by atoms with Crippen molar-refractivity contribution in [2.45, 2.75) is 19.4 Å². The van der Waals surface area contributed by atoms with Gasteiger partial charge in [-0.2, -0.15) is 0 Å². The predicted molar refractivity (Wildman–Crippen MR) is 59.6 cm³/mol. The molecule has 5 heteroatoms. The largest absolute Gasteiger partial charge is 0.394 e. The number of likely N-dealkylation sites (N-methyl/N-ethyl adjacent to an activating group) is 1. The van der Waals surface area contributed by atoms with Gasteiger partial charge in [0.05, 0.1) is 17.7 Å². The summed E-state index contributed by atoms with van der Waals surface area (Å²) in [5.41, 5.74) is -1.18. The third kappa shape index (κ3) is 2.79. The van der Waals surface area contributed by atoms with Crippen molar-refractivity contribution in [3.8, 4) is 0 Å². The zero-order valence-corrected chi connectivity index (χ0v) is 10.00. The maximum absolute atomic E-state index is 13.4. The molecule has 0 spiro atoms. The molecule has 0 saturated heterocycles. The van der Waals surface area contributed by atoms with E-state index in [9.17, 15) is 13.6 Å². The number of aliphatic hydroxyl groups is 1. The lowest BCUT2D eigenvalue weighted by molar-refractivity contribution is 0.0468. The summed E-state index contributed by atoms with van der Waals surface area (Å²) in [4.78, 5) is 13.1. The first-order valence-corrected chi connectivity index (χ1v) is 5.13. The first-order chi connectivity index (χ1) is 7.79. The molecule has 0 aliphatic heterocycles. The van der Waals surface area contributed by atoms with Crippen LogP contribution in [0.1, 0.15) is 24.2 Å². The Labute approximate surface area is 98.7 Å². The topological polar surface area (TPSA) is 40.5 Å². The van der Waals surface area contributed by atoms with Gasteiger partial charge in [-0.1, -0.05) is 0 Å². The number of amides is 1. The van der Waals surface area contributed by atoms with Crippen LogP contribution in [0.4, 0.5) is 8.78 Å². The van der Waals surface area contributed by atoms with Gasteiger partial charge in [0.15, 0.2) is 0 Å². The third-order valence-corrected chi connectivity index (χ3v) is 2.76. The molecule has 0 fully saturated rings. The first kappa shape index (κ1) is 13.6. The molecule has 1 aromatic rings. The number of halogens is 2. The van der Waals surface area contributed by atoms with E-state index in [2.05, 4.69) is 0 Å². The van der Waals surface area contributed by atoms with Crippen LogP contribution in [-0.2, 0) is 0 Å². The molecule has 94 valence electrons. The number of hydrogen-bond acceptors (Lipinski definition) is 2. The van der Waals surface area contributed by atoms with Gasteiger partial charge in [-0.05, 0) is 32.0 Å². The van der Waals surface area contributed by atoms with E-state index in [1.54, 1.807) is 13.8 Å².